The van der Waals surface area contributed by atoms with Gasteiger partial charge in [0.2, 0.25) is 5.95 Å². The number of hydrogen-bond donors (Lipinski definition) is 4. The fourth-order valence-corrected chi connectivity index (χ4v) is 6.32. The van der Waals surface area contributed by atoms with Gasteiger partial charge in [0.15, 0.2) is 11.2 Å². The Kier molecular flexibility index (Phi) is 8.81. The van der Waals surface area contributed by atoms with Crippen LogP contribution in [0.25, 0.3) is 11.2 Å². The van der Waals surface area contributed by atoms with E-state index in [9.17, 15) is 15.0 Å². The first-order valence-electron chi connectivity index (χ1n) is 15.3. The summed E-state index contributed by atoms with van der Waals surface area (Å²) in [4.78, 5) is 24.5. The number of fused-ring (bicyclic) bond motifs is 1. The van der Waals surface area contributed by atoms with Gasteiger partial charge >= 0.3 is 0 Å². The van der Waals surface area contributed by atoms with E-state index in [1.54, 1.807) is 18.8 Å². The molecule has 2 aromatic heterocycles. The third kappa shape index (κ3) is 5.61. The highest BCUT2D eigenvalue weighted by molar-refractivity contribution is 5.71. The number of ether oxygens (including phenoxy) is 3. The predicted octanol–water partition coefficient (Wildman–Crippen LogP) is 4.25. The van der Waals surface area contributed by atoms with Crippen molar-refractivity contribution in [3.8, 4) is 11.5 Å². The molecule has 0 radical (unpaired) electrons. The Bertz CT molecular complexity index is 1770. The number of benzene rings is 3. The number of nitrogens with one attached hydrogen (secondary N) is 2. The minimum atomic E-state index is -1.27. The zero-order valence-corrected chi connectivity index (χ0v) is 26.3. The normalized spacial score (nSPS) is 19.0. The Morgan fingerprint density at radius 2 is 1.57 bits per heavy atom. The fourth-order valence-electron chi connectivity index (χ4n) is 6.32. The highest BCUT2D eigenvalue weighted by Crippen LogP contribution is 2.47. The number of aromatic amines is 1. The topological polar surface area (TPSA) is 144 Å². The Hall–Kier alpha value is -4.71. The molecule has 3 aromatic carbocycles. The first-order chi connectivity index (χ1) is 22.3. The van der Waals surface area contributed by atoms with Gasteiger partial charge in [0.25, 0.3) is 5.56 Å². The second-order valence-corrected chi connectivity index (χ2v) is 11.9. The molecule has 4 atom stereocenters. The maximum atomic E-state index is 12.8. The molecule has 11 nitrogen and oxygen atoms in total. The highest BCUT2D eigenvalue weighted by Gasteiger charge is 2.52. The van der Waals surface area contributed by atoms with Crippen molar-refractivity contribution in [2.75, 3.05) is 26.1 Å². The summed E-state index contributed by atoms with van der Waals surface area (Å²) in [7, 11) is 3.21. The summed E-state index contributed by atoms with van der Waals surface area (Å²) in [6, 6.07) is 24.8. The molecule has 0 spiro atoms. The monoisotopic (exact) mass is 625 g/mol. The lowest BCUT2D eigenvalue weighted by molar-refractivity contribution is -0.0960. The minimum Gasteiger partial charge on any atom is -0.497 e. The quantitative estimate of drug-likeness (QED) is 0.158. The number of hydrogen-bond acceptors (Lipinski definition) is 9. The van der Waals surface area contributed by atoms with Gasteiger partial charge in [0, 0.05) is 13.0 Å². The molecule has 11 heteroatoms. The first-order valence-corrected chi connectivity index (χ1v) is 15.3. The van der Waals surface area contributed by atoms with Crippen molar-refractivity contribution >= 4 is 17.1 Å². The van der Waals surface area contributed by atoms with Crippen molar-refractivity contribution in [2.45, 2.75) is 50.2 Å². The van der Waals surface area contributed by atoms with E-state index in [-0.39, 0.29) is 17.5 Å². The Morgan fingerprint density at radius 1 is 0.978 bits per heavy atom. The van der Waals surface area contributed by atoms with Crippen molar-refractivity contribution in [2.24, 2.45) is 5.92 Å². The van der Waals surface area contributed by atoms with Crippen LogP contribution in [0.3, 0.4) is 0 Å². The van der Waals surface area contributed by atoms with Crippen LogP contribution in [0.1, 0.15) is 43.2 Å². The number of aliphatic hydroxyl groups is 2. The summed E-state index contributed by atoms with van der Waals surface area (Å²) in [5, 5.41) is 27.3. The lowest BCUT2D eigenvalue weighted by Gasteiger charge is -2.43. The molecule has 1 aliphatic heterocycles. The van der Waals surface area contributed by atoms with Crippen molar-refractivity contribution in [1.82, 2.24) is 19.5 Å². The van der Waals surface area contributed by atoms with Crippen LogP contribution in [0.5, 0.6) is 11.5 Å². The molecule has 5 aromatic rings. The molecule has 3 heterocycles. The van der Waals surface area contributed by atoms with Crippen LogP contribution in [0.2, 0.25) is 0 Å². The number of imidazole rings is 1. The second-order valence-electron chi connectivity index (χ2n) is 11.9. The molecule has 4 N–H and O–H groups in total. The van der Waals surface area contributed by atoms with E-state index in [1.807, 2.05) is 78.9 Å². The van der Waals surface area contributed by atoms with E-state index >= 15 is 0 Å². The predicted molar refractivity (Wildman–Crippen MR) is 174 cm³/mol. The van der Waals surface area contributed by atoms with E-state index < -0.39 is 30.0 Å². The van der Waals surface area contributed by atoms with Gasteiger partial charge in [-0.1, -0.05) is 68.4 Å². The Labute approximate surface area is 266 Å². The molecule has 1 unspecified atom stereocenters. The van der Waals surface area contributed by atoms with Crippen molar-refractivity contribution in [3.63, 3.8) is 0 Å². The molecular formula is C35H39N5O6. The number of rotatable bonds is 11. The summed E-state index contributed by atoms with van der Waals surface area (Å²) < 4.78 is 19.1. The molecule has 240 valence electrons. The lowest BCUT2D eigenvalue weighted by atomic mass is 9.64. The van der Waals surface area contributed by atoms with Gasteiger partial charge in [-0.3, -0.25) is 14.3 Å². The smallest absolute Gasteiger partial charge is 0.280 e. The first kappa shape index (κ1) is 31.3. The van der Waals surface area contributed by atoms with Gasteiger partial charge in [-0.05, 0) is 46.9 Å². The molecule has 1 aliphatic rings. The SMILES string of the molecule is COc1ccc(C(c2ccccc2)(c2ccc(OC)cc2)C(O)[C@H]2O[C@@H](n3cnc4c(=O)[nH]c(NCC(C)C)nc43)C[C@@H]2O)cc1. The third-order valence-corrected chi connectivity index (χ3v) is 8.63. The number of H-pyrrole nitrogens is 1. The minimum absolute atomic E-state index is 0.145. The van der Waals surface area contributed by atoms with Crippen LogP contribution < -0.4 is 20.3 Å². The summed E-state index contributed by atoms with van der Waals surface area (Å²) in [6.07, 6.45) is -2.47. The summed E-state index contributed by atoms with van der Waals surface area (Å²) in [6.45, 7) is 4.73. The maximum Gasteiger partial charge on any atom is 0.280 e. The van der Waals surface area contributed by atoms with E-state index in [4.69, 9.17) is 14.2 Å². The van der Waals surface area contributed by atoms with Crippen molar-refractivity contribution in [1.29, 1.82) is 0 Å². The number of methoxy groups -OCH3 is 2. The van der Waals surface area contributed by atoms with E-state index in [0.717, 1.165) is 16.7 Å². The van der Waals surface area contributed by atoms with Gasteiger partial charge in [0.05, 0.1) is 32.1 Å². The number of nitrogens with zero attached hydrogens (tertiary/aromatic N) is 3. The Balaban J connectivity index is 1.45. The molecule has 0 amide bonds. The van der Waals surface area contributed by atoms with Gasteiger partial charge in [-0.2, -0.15) is 4.98 Å². The standard InChI is InChI=1S/C35H39N5O6/c1-21(2)19-36-34-38-32-29(33(43)39-34)37-20-40(32)28-18-27(41)30(46-28)31(42)35(22-8-6-5-7-9-22,23-10-14-25(44-3)15-11-23)24-12-16-26(45-4)17-13-24/h5-17,20-21,27-28,30-31,41-42H,18-19H2,1-4H3,(H2,36,38,39,43)/t27-,28+,30-,31?/m0/s1. The number of aromatic nitrogens is 4. The van der Waals surface area contributed by atoms with Crippen LogP contribution in [-0.2, 0) is 10.2 Å². The molecule has 1 fully saturated rings. The van der Waals surface area contributed by atoms with Gasteiger partial charge in [-0.25, -0.2) is 4.98 Å². The van der Waals surface area contributed by atoms with Crippen LogP contribution >= 0.6 is 0 Å². The zero-order chi connectivity index (χ0) is 32.4. The molecule has 0 aliphatic carbocycles. The van der Waals surface area contributed by atoms with Gasteiger partial charge < -0.3 is 29.7 Å². The molecular weight excluding hydrogens is 586 g/mol. The third-order valence-electron chi connectivity index (χ3n) is 8.63. The average molecular weight is 626 g/mol. The van der Waals surface area contributed by atoms with E-state index in [0.29, 0.717) is 35.6 Å². The summed E-state index contributed by atoms with van der Waals surface area (Å²) in [5.41, 5.74) is 1.28. The molecule has 0 saturated carbocycles. The van der Waals surface area contributed by atoms with Gasteiger partial charge in [0.1, 0.15) is 29.9 Å². The highest BCUT2D eigenvalue weighted by atomic mass is 16.5. The van der Waals surface area contributed by atoms with Crippen LogP contribution in [0, 0.1) is 5.92 Å². The fraction of sp³-hybridized carbons (Fsp3) is 0.343. The maximum absolute atomic E-state index is 12.8. The van der Waals surface area contributed by atoms with E-state index in [2.05, 4.69) is 34.1 Å². The van der Waals surface area contributed by atoms with E-state index in [1.165, 1.54) is 6.33 Å². The number of aliphatic hydroxyl groups excluding tert-OH is 2. The van der Waals surface area contributed by atoms with Crippen LogP contribution in [0.15, 0.2) is 90.0 Å². The summed E-state index contributed by atoms with van der Waals surface area (Å²) >= 11 is 0. The Morgan fingerprint density at radius 3 is 2.13 bits per heavy atom. The van der Waals surface area contributed by atoms with Crippen LogP contribution in [-0.4, -0.2) is 68.8 Å². The second kappa shape index (κ2) is 13.0. The van der Waals surface area contributed by atoms with Gasteiger partial charge in [-0.15, -0.1) is 0 Å². The van der Waals surface area contributed by atoms with Crippen molar-refractivity contribution in [3.05, 3.63) is 112 Å². The van der Waals surface area contributed by atoms with Crippen LogP contribution in [0.4, 0.5) is 5.95 Å². The largest absolute Gasteiger partial charge is 0.497 e. The zero-order valence-electron chi connectivity index (χ0n) is 26.3. The molecule has 46 heavy (non-hydrogen) atoms. The molecule has 6 rings (SSSR count). The molecule has 1 saturated heterocycles. The summed E-state index contributed by atoms with van der Waals surface area (Å²) in [5.74, 6) is 2.00. The molecule has 0 bridgehead atoms. The average Bonchev–Trinajstić information content (AvgIpc) is 3.68. The number of anilines is 1. The van der Waals surface area contributed by atoms with Crippen molar-refractivity contribution < 1.29 is 24.4 Å². The lowest BCUT2D eigenvalue weighted by Crippen LogP contribution is -2.51.